The summed E-state index contributed by atoms with van der Waals surface area (Å²) < 4.78 is 30.2. The molecule has 1 aliphatic rings. The first-order chi connectivity index (χ1) is 15.5. The van der Waals surface area contributed by atoms with Crippen molar-refractivity contribution in [1.82, 2.24) is 15.0 Å². The number of nitrogens with zero attached hydrogens (tertiary/aromatic N) is 3. The molecular weight excluding hydrogens is 413 g/mol. The van der Waals surface area contributed by atoms with Crippen molar-refractivity contribution in [3.05, 3.63) is 71.1 Å². The number of carbonyl (C=O) groups is 1. The monoisotopic (exact) mass is 439 g/mol. The summed E-state index contributed by atoms with van der Waals surface area (Å²) in [6, 6.07) is 12.1. The van der Waals surface area contributed by atoms with Gasteiger partial charge in [-0.25, -0.2) is 4.39 Å². The number of methoxy groups -OCH3 is 1. The fraction of sp³-hybridized carbons (Fsp3) is 0.375. The zero-order valence-corrected chi connectivity index (χ0v) is 18.2. The molecule has 1 aliphatic heterocycles. The van der Waals surface area contributed by atoms with E-state index >= 15 is 0 Å². The summed E-state index contributed by atoms with van der Waals surface area (Å²) in [7, 11) is 1.39. The van der Waals surface area contributed by atoms with Gasteiger partial charge in [-0.15, -0.1) is 0 Å². The van der Waals surface area contributed by atoms with Gasteiger partial charge in [0.25, 0.3) is 5.91 Å². The molecule has 2 aromatic carbocycles. The third-order valence-electron chi connectivity index (χ3n) is 5.52. The van der Waals surface area contributed by atoms with E-state index in [2.05, 4.69) is 10.1 Å². The quantitative estimate of drug-likeness (QED) is 0.550. The molecule has 8 heteroatoms. The number of likely N-dealkylation sites (tertiary alicyclic amines) is 1. The van der Waals surface area contributed by atoms with E-state index in [-0.39, 0.29) is 17.6 Å². The molecule has 168 valence electrons. The average Bonchev–Trinajstić information content (AvgIpc) is 3.28. The Balaban J connectivity index is 1.34. The number of rotatable bonds is 7. The van der Waals surface area contributed by atoms with Crippen LogP contribution in [0.25, 0.3) is 0 Å². The maximum absolute atomic E-state index is 14.0. The third-order valence-corrected chi connectivity index (χ3v) is 5.52. The van der Waals surface area contributed by atoms with E-state index in [1.807, 2.05) is 31.2 Å². The summed E-state index contributed by atoms with van der Waals surface area (Å²) >= 11 is 0. The molecule has 0 radical (unpaired) electrons. The summed E-state index contributed by atoms with van der Waals surface area (Å²) in [5.41, 5.74) is 1.43. The molecule has 0 saturated carbocycles. The lowest BCUT2D eigenvalue weighted by Crippen LogP contribution is -2.39. The number of aryl methyl sites for hydroxylation is 1. The SMILES string of the molecule is COc1ccc(C(=O)N2CCCC(c3nc(CCOc4cccc(C)c4)no3)C2)cc1F. The number of halogens is 1. The highest BCUT2D eigenvalue weighted by atomic mass is 19.1. The van der Waals surface area contributed by atoms with Crippen LogP contribution in [-0.4, -0.2) is 47.8 Å². The maximum atomic E-state index is 14.0. The van der Waals surface area contributed by atoms with Crippen molar-refractivity contribution in [2.75, 3.05) is 26.8 Å². The Hall–Kier alpha value is -3.42. The Morgan fingerprint density at radius 2 is 2.16 bits per heavy atom. The van der Waals surface area contributed by atoms with Crippen LogP contribution >= 0.6 is 0 Å². The summed E-state index contributed by atoms with van der Waals surface area (Å²) in [5, 5.41) is 4.07. The molecule has 4 rings (SSSR count). The first-order valence-corrected chi connectivity index (χ1v) is 10.7. The number of benzene rings is 2. The first kappa shape index (κ1) is 21.8. The van der Waals surface area contributed by atoms with Crippen LogP contribution in [0.1, 0.15) is 46.4 Å². The molecule has 1 saturated heterocycles. The zero-order chi connectivity index (χ0) is 22.5. The normalized spacial score (nSPS) is 16.1. The maximum Gasteiger partial charge on any atom is 0.253 e. The molecule has 1 atom stereocenters. The van der Waals surface area contributed by atoms with Gasteiger partial charge in [0, 0.05) is 25.1 Å². The van der Waals surface area contributed by atoms with Crippen LogP contribution in [-0.2, 0) is 6.42 Å². The first-order valence-electron chi connectivity index (χ1n) is 10.7. The van der Waals surface area contributed by atoms with Gasteiger partial charge in [0.05, 0.1) is 19.6 Å². The molecule has 1 unspecified atom stereocenters. The van der Waals surface area contributed by atoms with Crippen LogP contribution in [0.3, 0.4) is 0 Å². The van der Waals surface area contributed by atoms with Crippen molar-refractivity contribution in [3.8, 4) is 11.5 Å². The summed E-state index contributed by atoms with van der Waals surface area (Å²) in [4.78, 5) is 19.1. The smallest absolute Gasteiger partial charge is 0.253 e. The summed E-state index contributed by atoms with van der Waals surface area (Å²) in [6.07, 6.45) is 2.18. The minimum atomic E-state index is -0.554. The molecule has 2 heterocycles. The van der Waals surface area contributed by atoms with Gasteiger partial charge in [-0.2, -0.15) is 4.98 Å². The predicted molar refractivity (Wildman–Crippen MR) is 116 cm³/mol. The molecule has 0 N–H and O–H groups in total. The molecule has 0 bridgehead atoms. The number of hydrogen-bond acceptors (Lipinski definition) is 6. The number of piperidine rings is 1. The molecule has 32 heavy (non-hydrogen) atoms. The Bertz CT molecular complexity index is 1080. The van der Waals surface area contributed by atoms with Crippen LogP contribution in [0.4, 0.5) is 4.39 Å². The van der Waals surface area contributed by atoms with Crippen molar-refractivity contribution in [3.63, 3.8) is 0 Å². The Morgan fingerprint density at radius 1 is 1.28 bits per heavy atom. The summed E-state index contributed by atoms with van der Waals surface area (Å²) in [5.74, 6) is 1.20. The van der Waals surface area contributed by atoms with Gasteiger partial charge in [-0.3, -0.25) is 4.79 Å². The minimum absolute atomic E-state index is 0.0465. The van der Waals surface area contributed by atoms with Crippen LogP contribution in [0, 0.1) is 12.7 Å². The van der Waals surface area contributed by atoms with E-state index in [1.165, 1.54) is 19.2 Å². The standard InChI is InChI=1S/C24H26FN3O4/c1-16-5-3-7-19(13-16)31-12-10-22-26-23(32-27-22)18-6-4-11-28(15-18)24(29)17-8-9-21(30-2)20(25)14-17/h3,5,7-9,13-14,18H,4,6,10-12,15H2,1-2H3. The number of amides is 1. The van der Waals surface area contributed by atoms with Crippen LogP contribution in [0.5, 0.6) is 11.5 Å². The van der Waals surface area contributed by atoms with E-state index in [4.69, 9.17) is 14.0 Å². The van der Waals surface area contributed by atoms with Gasteiger partial charge in [-0.1, -0.05) is 17.3 Å². The lowest BCUT2D eigenvalue weighted by Gasteiger charge is -2.31. The Kier molecular flexibility index (Phi) is 6.68. The van der Waals surface area contributed by atoms with Gasteiger partial charge >= 0.3 is 0 Å². The topological polar surface area (TPSA) is 77.7 Å². The highest BCUT2D eigenvalue weighted by molar-refractivity contribution is 5.94. The molecule has 1 fully saturated rings. The second kappa shape index (κ2) is 9.80. The lowest BCUT2D eigenvalue weighted by molar-refractivity contribution is 0.0695. The van der Waals surface area contributed by atoms with Gasteiger partial charge in [0.2, 0.25) is 5.89 Å². The van der Waals surface area contributed by atoms with Crippen molar-refractivity contribution >= 4 is 5.91 Å². The Morgan fingerprint density at radius 3 is 2.94 bits per heavy atom. The lowest BCUT2D eigenvalue weighted by atomic mass is 9.97. The number of hydrogen-bond donors (Lipinski definition) is 0. The van der Waals surface area contributed by atoms with Crippen molar-refractivity contribution in [2.24, 2.45) is 0 Å². The average molecular weight is 439 g/mol. The van der Waals surface area contributed by atoms with Crippen molar-refractivity contribution < 1.29 is 23.2 Å². The molecule has 1 amide bonds. The van der Waals surface area contributed by atoms with Gasteiger partial charge in [0.1, 0.15) is 5.75 Å². The fourth-order valence-electron chi connectivity index (χ4n) is 3.85. The summed E-state index contributed by atoms with van der Waals surface area (Å²) in [6.45, 7) is 3.52. The molecular formula is C24H26FN3O4. The van der Waals surface area contributed by atoms with Crippen molar-refractivity contribution in [1.29, 1.82) is 0 Å². The van der Waals surface area contributed by atoms with E-state index in [9.17, 15) is 9.18 Å². The third kappa shape index (κ3) is 5.07. The molecule has 3 aromatic rings. The molecule has 1 aromatic heterocycles. The van der Waals surface area contributed by atoms with Crippen LogP contribution < -0.4 is 9.47 Å². The Labute approximate surface area is 186 Å². The molecule has 0 spiro atoms. The highest BCUT2D eigenvalue weighted by Crippen LogP contribution is 2.27. The number of carbonyl (C=O) groups excluding carboxylic acids is 1. The zero-order valence-electron chi connectivity index (χ0n) is 18.2. The fourth-order valence-corrected chi connectivity index (χ4v) is 3.85. The highest BCUT2D eigenvalue weighted by Gasteiger charge is 2.29. The van der Waals surface area contributed by atoms with Gasteiger partial charge in [-0.05, 0) is 55.7 Å². The van der Waals surface area contributed by atoms with E-state index < -0.39 is 5.82 Å². The van der Waals surface area contributed by atoms with Gasteiger partial charge in [0.15, 0.2) is 17.4 Å². The second-order valence-electron chi connectivity index (χ2n) is 7.90. The molecule has 0 aliphatic carbocycles. The van der Waals surface area contributed by atoms with Gasteiger partial charge < -0.3 is 18.9 Å². The predicted octanol–water partition coefficient (Wildman–Crippen LogP) is 4.17. The van der Waals surface area contributed by atoms with E-state index in [0.717, 1.165) is 24.2 Å². The van der Waals surface area contributed by atoms with Crippen LogP contribution in [0.15, 0.2) is 47.0 Å². The number of ether oxygens (including phenoxy) is 2. The van der Waals surface area contributed by atoms with Crippen LogP contribution in [0.2, 0.25) is 0 Å². The van der Waals surface area contributed by atoms with E-state index in [0.29, 0.717) is 43.4 Å². The van der Waals surface area contributed by atoms with Crippen molar-refractivity contribution in [2.45, 2.75) is 32.1 Å². The largest absolute Gasteiger partial charge is 0.494 e. The minimum Gasteiger partial charge on any atom is -0.494 e. The second-order valence-corrected chi connectivity index (χ2v) is 7.90. The number of aromatic nitrogens is 2. The van der Waals surface area contributed by atoms with E-state index in [1.54, 1.807) is 11.0 Å². The molecule has 7 nitrogen and oxygen atoms in total.